The Morgan fingerprint density at radius 1 is 1.33 bits per heavy atom. The highest BCUT2D eigenvalue weighted by Gasteiger charge is 2.31. The molecule has 1 aromatic carbocycles. The molecule has 2 rings (SSSR count). The Hall–Kier alpha value is -0.780. The van der Waals surface area contributed by atoms with Crippen LogP contribution in [-0.4, -0.2) is 20.6 Å². The van der Waals surface area contributed by atoms with Gasteiger partial charge in [-0.25, -0.2) is 0 Å². The minimum absolute atomic E-state index is 0.0614. The maximum atomic E-state index is 11.1. The largest absolute Gasteiger partial charge is 0.507 e. The van der Waals surface area contributed by atoms with E-state index in [0.29, 0.717) is 21.8 Å². The zero-order valence-corrected chi connectivity index (χ0v) is 21.7. The maximum absolute atomic E-state index is 11.1. The SMILES string of the molecule is C=C(C)[C@@H]1CCC(C)=C[C@H]1c1c(O)cc(CCCCC)cc1OC(=S)SCCCBr. The van der Waals surface area contributed by atoms with Crippen molar-refractivity contribution in [2.75, 3.05) is 11.1 Å². The zero-order valence-electron chi connectivity index (χ0n) is 18.5. The number of ether oxygens (including phenoxy) is 1. The number of hydrogen-bond donors (Lipinski definition) is 1. The molecule has 0 bridgehead atoms. The molecule has 2 atom stereocenters. The Morgan fingerprint density at radius 2 is 2.10 bits per heavy atom. The molecule has 0 spiro atoms. The lowest BCUT2D eigenvalue weighted by Crippen LogP contribution is -2.18. The molecular formula is C25H35BrO2S2. The van der Waals surface area contributed by atoms with E-state index < -0.39 is 0 Å². The molecule has 1 aliphatic rings. The van der Waals surface area contributed by atoms with Crippen LogP contribution in [0.2, 0.25) is 0 Å². The molecule has 1 aromatic rings. The Bertz CT molecular complexity index is 773. The lowest BCUT2D eigenvalue weighted by atomic mass is 9.73. The molecule has 0 unspecified atom stereocenters. The molecule has 0 heterocycles. The number of phenols is 1. The molecule has 0 radical (unpaired) electrons. The standard InChI is InChI=1S/C25H35BrO2S2/c1-5-6-7-9-19-15-22(27)24(21-14-18(4)10-11-20(21)17(2)3)23(16-19)28-25(29)30-13-8-12-26/h14-16,20-21,27H,2,5-13H2,1,3-4H3/t20-,21+/m0/s1. The van der Waals surface area contributed by atoms with Gasteiger partial charge in [-0.05, 0) is 81.8 Å². The lowest BCUT2D eigenvalue weighted by Gasteiger charge is -2.32. The predicted octanol–water partition coefficient (Wildman–Crippen LogP) is 8.32. The van der Waals surface area contributed by atoms with Gasteiger partial charge in [0.25, 0.3) is 0 Å². The molecule has 5 heteroatoms. The zero-order chi connectivity index (χ0) is 22.1. The van der Waals surface area contributed by atoms with Gasteiger partial charge in [-0.3, -0.25) is 0 Å². The summed E-state index contributed by atoms with van der Waals surface area (Å²) in [7, 11) is 0. The first-order valence-electron chi connectivity index (χ1n) is 11.0. The second kappa shape index (κ2) is 12.9. The third-order valence-corrected chi connectivity index (χ3v) is 7.46. The summed E-state index contributed by atoms with van der Waals surface area (Å²) in [6, 6.07) is 4.02. The molecule has 1 aliphatic carbocycles. The molecule has 0 fully saturated rings. The van der Waals surface area contributed by atoms with Gasteiger partial charge in [-0.2, -0.15) is 0 Å². The van der Waals surface area contributed by atoms with Gasteiger partial charge in [0.1, 0.15) is 11.5 Å². The van der Waals surface area contributed by atoms with Crippen molar-refractivity contribution in [1.29, 1.82) is 0 Å². The van der Waals surface area contributed by atoms with Crippen LogP contribution in [0.25, 0.3) is 0 Å². The van der Waals surface area contributed by atoms with Crippen LogP contribution in [0.4, 0.5) is 0 Å². The molecule has 166 valence electrons. The van der Waals surface area contributed by atoms with E-state index >= 15 is 0 Å². The van der Waals surface area contributed by atoms with Gasteiger partial charge in [-0.1, -0.05) is 71.3 Å². The van der Waals surface area contributed by atoms with Crippen LogP contribution < -0.4 is 4.74 Å². The predicted molar refractivity (Wildman–Crippen MR) is 139 cm³/mol. The fraction of sp³-hybridized carbons (Fsp3) is 0.560. The van der Waals surface area contributed by atoms with Crippen LogP contribution in [0.15, 0.2) is 35.9 Å². The topological polar surface area (TPSA) is 29.5 Å². The molecule has 0 aromatic heterocycles. The number of alkyl halides is 1. The van der Waals surface area contributed by atoms with Crippen molar-refractivity contribution in [2.45, 2.75) is 71.6 Å². The summed E-state index contributed by atoms with van der Waals surface area (Å²) in [6.45, 7) is 10.7. The van der Waals surface area contributed by atoms with Gasteiger partial charge in [0.15, 0.2) is 0 Å². The van der Waals surface area contributed by atoms with Gasteiger partial charge in [0.2, 0.25) is 4.38 Å². The number of thiocarbonyl (C=S) groups is 1. The number of hydrogen-bond acceptors (Lipinski definition) is 4. The second-order valence-corrected chi connectivity index (χ2v) is 10.7. The van der Waals surface area contributed by atoms with Crippen molar-refractivity contribution < 1.29 is 9.84 Å². The summed E-state index contributed by atoms with van der Waals surface area (Å²) in [6.07, 6.45) is 9.83. The highest BCUT2D eigenvalue weighted by Crippen LogP contribution is 2.47. The molecule has 30 heavy (non-hydrogen) atoms. The van der Waals surface area contributed by atoms with Crippen molar-refractivity contribution >= 4 is 44.3 Å². The van der Waals surface area contributed by atoms with Crippen molar-refractivity contribution in [3.63, 3.8) is 0 Å². The lowest BCUT2D eigenvalue weighted by molar-refractivity contribution is 0.424. The second-order valence-electron chi connectivity index (χ2n) is 8.26. The van der Waals surface area contributed by atoms with E-state index in [9.17, 15) is 5.11 Å². The van der Waals surface area contributed by atoms with Gasteiger partial charge in [0.05, 0.1) is 0 Å². The highest BCUT2D eigenvalue weighted by molar-refractivity contribution is 9.09. The van der Waals surface area contributed by atoms with Crippen LogP contribution in [0, 0.1) is 5.92 Å². The van der Waals surface area contributed by atoms with E-state index in [1.807, 2.05) is 6.07 Å². The van der Waals surface area contributed by atoms with Crippen LogP contribution in [-0.2, 0) is 6.42 Å². The molecular weight excluding hydrogens is 476 g/mol. The van der Waals surface area contributed by atoms with E-state index in [2.05, 4.69) is 55.4 Å². The number of benzene rings is 1. The maximum Gasteiger partial charge on any atom is 0.225 e. The number of halogens is 1. The Morgan fingerprint density at radius 3 is 2.77 bits per heavy atom. The summed E-state index contributed by atoms with van der Waals surface area (Å²) in [5.74, 6) is 2.29. The van der Waals surface area contributed by atoms with Crippen LogP contribution in [0.1, 0.15) is 76.3 Å². The number of phenolic OH excluding ortho intramolecular Hbond substituents is 1. The molecule has 1 N–H and O–H groups in total. The first-order valence-corrected chi connectivity index (χ1v) is 13.5. The van der Waals surface area contributed by atoms with Gasteiger partial charge in [-0.15, -0.1) is 0 Å². The van der Waals surface area contributed by atoms with Crippen molar-refractivity contribution in [1.82, 2.24) is 0 Å². The summed E-state index contributed by atoms with van der Waals surface area (Å²) in [5.41, 5.74) is 4.46. The van der Waals surface area contributed by atoms with E-state index in [0.717, 1.165) is 59.9 Å². The van der Waals surface area contributed by atoms with Crippen LogP contribution >= 0.6 is 39.9 Å². The summed E-state index contributed by atoms with van der Waals surface area (Å²) in [5, 5.41) is 12.1. The Kier molecular flexibility index (Phi) is 11.0. The summed E-state index contributed by atoms with van der Waals surface area (Å²) >= 11 is 10.5. The number of thioether (sulfide) groups is 1. The number of unbranched alkanes of at least 4 members (excludes halogenated alkanes) is 2. The van der Waals surface area contributed by atoms with Crippen LogP contribution in [0.3, 0.4) is 0 Å². The molecule has 2 nitrogen and oxygen atoms in total. The fourth-order valence-corrected chi connectivity index (χ4v) is 5.64. The van der Waals surface area contributed by atoms with E-state index in [1.54, 1.807) is 11.8 Å². The number of rotatable bonds is 10. The Balaban J connectivity index is 2.41. The monoisotopic (exact) mass is 510 g/mol. The van der Waals surface area contributed by atoms with Crippen molar-refractivity contribution in [3.05, 3.63) is 47.1 Å². The smallest absolute Gasteiger partial charge is 0.225 e. The van der Waals surface area contributed by atoms with Gasteiger partial charge < -0.3 is 9.84 Å². The third-order valence-electron chi connectivity index (χ3n) is 5.65. The number of aryl methyl sites for hydroxylation is 1. The minimum atomic E-state index is 0.0614. The highest BCUT2D eigenvalue weighted by atomic mass is 79.9. The quantitative estimate of drug-likeness (QED) is 0.148. The van der Waals surface area contributed by atoms with E-state index in [-0.39, 0.29) is 5.92 Å². The fourth-order valence-electron chi connectivity index (χ4n) is 4.05. The molecule has 0 saturated carbocycles. The van der Waals surface area contributed by atoms with E-state index in [1.165, 1.54) is 18.4 Å². The normalized spacial score (nSPS) is 18.7. The summed E-state index contributed by atoms with van der Waals surface area (Å²) in [4.78, 5) is 0. The molecule has 0 amide bonds. The minimum Gasteiger partial charge on any atom is -0.507 e. The average Bonchev–Trinajstić information content (AvgIpc) is 2.68. The van der Waals surface area contributed by atoms with Crippen molar-refractivity contribution in [3.8, 4) is 11.5 Å². The van der Waals surface area contributed by atoms with Gasteiger partial charge >= 0.3 is 0 Å². The number of aromatic hydroxyl groups is 1. The van der Waals surface area contributed by atoms with E-state index in [4.69, 9.17) is 17.0 Å². The molecule has 0 aliphatic heterocycles. The average molecular weight is 512 g/mol. The Labute approximate surface area is 200 Å². The summed E-state index contributed by atoms with van der Waals surface area (Å²) < 4.78 is 6.72. The number of allylic oxidation sites excluding steroid dienone is 3. The first kappa shape index (κ1) is 25.5. The van der Waals surface area contributed by atoms with Crippen molar-refractivity contribution in [2.24, 2.45) is 5.92 Å². The first-order chi connectivity index (χ1) is 14.4. The third kappa shape index (κ3) is 7.42. The van der Waals surface area contributed by atoms with Gasteiger partial charge in [0, 0.05) is 22.6 Å². The van der Waals surface area contributed by atoms with Crippen LogP contribution in [0.5, 0.6) is 11.5 Å². The molecule has 0 saturated heterocycles.